The van der Waals surface area contributed by atoms with E-state index in [-0.39, 0.29) is 25.0 Å². The SMILES string of the molecule is CCOC(=O)CCNC(=O)NCCn1c(-c2ccc(C)cc2)nc2cccnc21. The van der Waals surface area contributed by atoms with Crippen LogP contribution in [0.25, 0.3) is 22.6 Å². The minimum atomic E-state index is -0.330. The molecule has 0 aliphatic carbocycles. The number of fused-ring (bicyclic) bond motifs is 1. The lowest BCUT2D eigenvalue weighted by atomic mass is 10.1. The van der Waals surface area contributed by atoms with Crippen molar-refractivity contribution in [3.8, 4) is 11.4 Å². The van der Waals surface area contributed by atoms with Crippen LogP contribution in [0.5, 0.6) is 0 Å². The summed E-state index contributed by atoms with van der Waals surface area (Å²) >= 11 is 0. The molecule has 0 aliphatic heterocycles. The molecular formula is C21H25N5O3. The molecule has 1 aromatic carbocycles. The Labute approximate surface area is 169 Å². The van der Waals surface area contributed by atoms with E-state index in [1.807, 2.05) is 47.9 Å². The third-order valence-corrected chi connectivity index (χ3v) is 4.35. The fourth-order valence-corrected chi connectivity index (χ4v) is 2.95. The predicted molar refractivity (Wildman–Crippen MR) is 110 cm³/mol. The summed E-state index contributed by atoms with van der Waals surface area (Å²) in [5.41, 5.74) is 3.75. The van der Waals surface area contributed by atoms with Gasteiger partial charge in [0, 0.05) is 31.4 Å². The average molecular weight is 395 g/mol. The quantitative estimate of drug-likeness (QED) is 0.572. The molecule has 2 N–H and O–H groups in total. The van der Waals surface area contributed by atoms with Crippen LogP contribution in [-0.2, 0) is 16.1 Å². The van der Waals surface area contributed by atoms with Crippen LogP contribution in [0.1, 0.15) is 18.9 Å². The van der Waals surface area contributed by atoms with Crippen molar-refractivity contribution < 1.29 is 14.3 Å². The van der Waals surface area contributed by atoms with Gasteiger partial charge >= 0.3 is 12.0 Å². The Hall–Kier alpha value is -3.42. The highest BCUT2D eigenvalue weighted by Gasteiger charge is 2.13. The van der Waals surface area contributed by atoms with Gasteiger partial charge in [-0.15, -0.1) is 0 Å². The fourth-order valence-electron chi connectivity index (χ4n) is 2.95. The molecular weight excluding hydrogens is 370 g/mol. The van der Waals surface area contributed by atoms with Crippen molar-refractivity contribution in [2.75, 3.05) is 19.7 Å². The molecule has 2 aromatic heterocycles. The molecule has 3 rings (SSSR count). The summed E-state index contributed by atoms with van der Waals surface area (Å²) in [6.07, 6.45) is 1.88. The number of urea groups is 1. The number of hydrogen-bond donors (Lipinski definition) is 2. The summed E-state index contributed by atoms with van der Waals surface area (Å²) in [6.45, 7) is 5.26. The first-order valence-corrected chi connectivity index (χ1v) is 9.64. The number of esters is 1. The van der Waals surface area contributed by atoms with Crippen LogP contribution in [0.4, 0.5) is 4.79 Å². The number of ether oxygens (including phenoxy) is 1. The number of aromatic nitrogens is 3. The van der Waals surface area contributed by atoms with Crippen LogP contribution in [-0.4, -0.2) is 46.2 Å². The lowest BCUT2D eigenvalue weighted by molar-refractivity contribution is -0.142. The first-order chi connectivity index (χ1) is 14.1. The molecule has 152 valence electrons. The van der Waals surface area contributed by atoms with E-state index < -0.39 is 0 Å². The molecule has 8 heteroatoms. The molecule has 8 nitrogen and oxygen atoms in total. The smallest absolute Gasteiger partial charge is 0.314 e. The van der Waals surface area contributed by atoms with Crippen LogP contribution in [0, 0.1) is 6.92 Å². The van der Waals surface area contributed by atoms with Crippen molar-refractivity contribution in [1.82, 2.24) is 25.2 Å². The van der Waals surface area contributed by atoms with Crippen molar-refractivity contribution >= 4 is 23.2 Å². The van der Waals surface area contributed by atoms with Crippen molar-refractivity contribution in [3.05, 3.63) is 48.2 Å². The molecule has 0 spiro atoms. The molecule has 0 bridgehead atoms. The van der Waals surface area contributed by atoms with Gasteiger partial charge in [0.2, 0.25) is 0 Å². The number of hydrogen-bond acceptors (Lipinski definition) is 5. The van der Waals surface area contributed by atoms with E-state index in [0.29, 0.717) is 19.7 Å². The number of amides is 2. The summed E-state index contributed by atoms with van der Waals surface area (Å²) in [5, 5.41) is 5.45. The normalized spacial score (nSPS) is 10.7. The first kappa shape index (κ1) is 20.3. The molecule has 0 saturated carbocycles. The van der Waals surface area contributed by atoms with Crippen molar-refractivity contribution in [1.29, 1.82) is 0 Å². The molecule has 0 aliphatic rings. The van der Waals surface area contributed by atoms with E-state index in [2.05, 4.69) is 15.6 Å². The third kappa shape index (κ3) is 5.31. The van der Waals surface area contributed by atoms with E-state index in [0.717, 1.165) is 22.6 Å². The largest absolute Gasteiger partial charge is 0.466 e. The second-order valence-corrected chi connectivity index (χ2v) is 6.54. The maximum Gasteiger partial charge on any atom is 0.314 e. The summed E-state index contributed by atoms with van der Waals surface area (Å²) < 4.78 is 6.83. The van der Waals surface area contributed by atoms with Crippen molar-refractivity contribution in [2.24, 2.45) is 0 Å². The van der Waals surface area contributed by atoms with Gasteiger partial charge in [0.05, 0.1) is 13.0 Å². The van der Waals surface area contributed by atoms with Crippen LogP contribution < -0.4 is 10.6 Å². The Morgan fingerprint density at radius 3 is 2.62 bits per heavy atom. The summed E-state index contributed by atoms with van der Waals surface area (Å²) in [6, 6.07) is 11.6. The van der Waals surface area contributed by atoms with E-state index in [4.69, 9.17) is 9.72 Å². The van der Waals surface area contributed by atoms with Crippen molar-refractivity contribution in [2.45, 2.75) is 26.8 Å². The van der Waals surface area contributed by atoms with Crippen LogP contribution in [0.15, 0.2) is 42.6 Å². The summed E-state index contributed by atoms with van der Waals surface area (Å²) in [5.74, 6) is 0.481. The highest BCUT2D eigenvalue weighted by atomic mass is 16.5. The highest BCUT2D eigenvalue weighted by molar-refractivity contribution is 5.77. The maximum absolute atomic E-state index is 12.0. The second kappa shape index (κ2) is 9.68. The number of carbonyl (C=O) groups excluding carboxylic acids is 2. The third-order valence-electron chi connectivity index (χ3n) is 4.35. The Morgan fingerprint density at radius 2 is 1.86 bits per heavy atom. The molecule has 0 unspecified atom stereocenters. The number of carbonyl (C=O) groups is 2. The Bertz CT molecular complexity index is 982. The number of nitrogens with one attached hydrogen (secondary N) is 2. The molecule has 0 fully saturated rings. The number of aryl methyl sites for hydroxylation is 1. The van der Waals surface area contributed by atoms with Gasteiger partial charge in [0.15, 0.2) is 5.65 Å². The van der Waals surface area contributed by atoms with Gasteiger partial charge in [-0.3, -0.25) is 4.79 Å². The molecule has 0 atom stereocenters. The minimum absolute atomic E-state index is 0.148. The van der Waals surface area contributed by atoms with Crippen LogP contribution in [0.2, 0.25) is 0 Å². The van der Waals surface area contributed by atoms with Gasteiger partial charge in [-0.1, -0.05) is 29.8 Å². The molecule has 29 heavy (non-hydrogen) atoms. The Kier molecular flexibility index (Phi) is 6.78. The minimum Gasteiger partial charge on any atom is -0.466 e. The number of imidazole rings is 1. The predicted octanol–water partition coefficient (Wildman–Crippen LogP) is 2.66. The van der Waals surface area contributed by atoms with E-state index in [9.17, 15) is 9.59 Å². The standard InChI is InChI=1S/C21H25N5O3/c1-3-29-18(27)10-12-23-21(28)24-13-14-26-19(16-8-6-15(2)7-9-16)25-17-5-4-11-22-20(17)26/h4-9,11H,3,10,12-14H2,1-2H3,(H2,23,24,28). The molecule has 0 saturated heterocycles. The maximum atomic E-state index is 12.0. The van der Waals surface area contributed by atoms with Gasteiger partial charge in [0.25, 0.3) is 0 Å². The van der Waals surface area contributed by atoms with Gasteiger partial charge in [-0.05, 0) is 26.0 Å². The lowest BCUT2D eigenvalue weighted by Gasteiger charge is -2.11. The average Bonchev–Trinajstić information content (AvgIpc) is 3.07. The number of pyridine rings is 1. The van der Waals surface area contributed by atoms with Gasteiger partial charge in [-0.25, -0.2) is 14.8 Å². The van der Waals surface area contributed by atoms with E-state index >= 15 is 0 Å². The molecule has 0 radical (unpaired) electrons. The van der Waals surface area contributed by atoms with Crippen molar-refractivity contribution in [3.63, 3.8) is 0 Å². The number of rotatable bonds is 8. The molecule has 2 heterocycles. The molecule has 3 aromatic rings. The monoisotopic (exact) mass is 395 g/mol. The topological polar surface area (TPSA) is 98.1 Å². The zero-order valence-corrected chi connectivity index (χ0v) is 16.6. The van der Waals surface area contributed by atoms with Gasteiger partial charge in [-0.2, -0.15) is 0 Å². The number of nitrogens with zero attached hydrogens (tertiary/aromatic N) is 3. The summed E-state index contributed by atoms with van der Waals surface area (Å²) in [7, 11) is 0. The van der Waals surface area contributed by atoms with Crippen LogP contribution in [0.3, 0.4) is 0 Å². The number of benzene rings is 1. The fraction of sp³-hybridized carbons (Fsp3) is 0.333. The van der Waals surface area contributed by atoms with E-state index in [1.54, 1.807) is 13.1 Å². The zero-order valence-electron chi connectivity index (χ0n) is 16.6. The van der Waals surface area contributed by atoms with Gasteiger partial charge in [0.1, 0.15) is 11.3 Å². The summed E-state index contributed by atoms with van der Waals surface area (Å²) in [4.78, 5) is 32.4. The first-order valence-electron chi connectivity index (χ1n) is 9.64. The lowest BCUT2D eigenvalue weighted by Crippen LogP contribution is -2.38. The molecule has 2 amide bonds. The highest BCUT2D eigenvalue weighted by Crippen LogP contribution is 2.23. The Balaban J connectivity index is 1.63. The second-order valence-electron chi connectivity index (χ2n) is 6.54. The zero-order chi connectivity index (χ0) is 20.6. The van der Waals surface area contributed by atoms with E-state index in [1.165, 1.54) is 5.56 Å². The van der Waals surface area contributed by atoms with Gasteiger partial charge < -0.3 is 19.9 Å². The van der Waals surface area contributed by atoms with Crippen LogP contribution >= 0.6 is 0 Å². The Morgan fingerprint density at radius 1 is 1.10 bits per heavy atom.